The fourth-order valence-electron chi connectivity index (χ4n) is 0.989. The molecule has 0 spiro atoms. The van der Waals surface area contributed by atoms with Gasteiger partial charge < -0.3 is 5.32 Å². The van der Waals surface area contributed by atoms with E-state index in [0.717, 1.165) is 13.0 Å². The van der Waals surface area contributed by atoms with Crippen LogP contribution in [0.4, 0.5) is 0 Å². The van der Waals surface area contributed by atoms with Crippen molar-refractivity contribution >= 4 is 0 Å². The minimum Gasteiger partial charge on any atom is -0.312 e. The van der Waals surface area contributed by atoms with Gasteiger partial charge in [-0.2, -0.15) is 0 Å². The summed E-state index contributed by atoms with van der Waals surface area (Å²) in [5, 5.41) is 11.2. The van der Waals surface area contributed by atoms with E-state index in [9.17, 15) is 0 Å². The summed E-state index contributed by atoms with van der Waals surface area (Å²) in [5.74, 6) is 0. The van der Waals surface area contributed by atoms with Crippen LogP contribution in [0.3, 0.4) is 0 Å². The van der Waals surface area contributed by atoms with Crippen LogP contribution in [0.25, 0.3) is 0 Å². The molecule has 1 aliphatic rings. The van der Waals surface area contributed by atoms with E-state index < -0.39 is 0 Å². The monoisotopic (exact) mass is 310 g/mol. The van der Waals surface area contributed by atoms with Crippen LogP contribution >= 0.6 is 0 Å². The van der Waals surface area contributed by atoms with Gasteiger partial charge in [-0.15, -0.1) is 0 Å². The Kier molecular flexibility index (Phi) is 5.64. The zero-order valence-corrected chi connectivity index (χ0v) is 7.49. The van der Waals surface area contributed by atoms with Crippen molar-refractivity contribution in [1.29, 1.82) is 0 Å². The summed E-state index contributed by atoms with van der Waals surface area (Å²) < 4.78 is 0. The van der Waals surface area contributed by atoms with Crippen LogP contribution in [-0.4, -0.2) is 24.5 Å². The molecule has 57 valence electrons. The van der Waals surface area contributed by atoms with Gasteiger partial charge in [0.25, 0.3) is 0 Å². The first-order valence-electron chi connectivity index (χ1n) is 2.93. The maximum atomic E-state index is 7.99. The molecule has 0 amide bonds. The smallest absolute Gasteiger partial charge is 0.0972 e. The molecule has 1 saturated heterocycles. The quantitative estimate of drug-likeness (QED) is 0.567. The minimum absolute atomic E-state index is 0. The molecule has 1 atom stereocenters. The van der Waals surface area contributed by atoms with Gasteiger partial charge in [0.05, 0.1) is 6.61 Å². The molecule has 2 N–H and O–H groups in total. The van der Waals surface area contributed by atoms with E-state index in [0.29, 0.717) is 12.6 Å². The zero-order valence-electron chi connectivity index (χ0n) is 5.09. The van der Waals surface area contributed by atoms with E-state index in [2.05, 4.69) is 10.2 Å². The Hall–Kier alpha value is 0.529. The molecule has 0 aromatic heterocycles. The van der Waals surface area contributed by atoms with Gasteiger partial charge in [0.2, 0.25) is 0 Å². The van der Waals surface area contributed by atoms with Crippen LogP contribution in [0.1, 0.15) is 12.8 Å². The molecule has 4 heteroatoms. The Morgan fingerprint density at radius 1 is 1.67 bits per heavy atom. The number of nitrogens with one attached hydrogen (secondary N) is 1. The van der Waals surface area contributed by atoms with Gasteiger partial charge in [0, 0.05) is 26.1 Å². The molecule has 1 aliphatic heterocycles. The molecular weight excluding hydrogens is 298 g/mol. The molecule has 1 rings (SSSR count). The summed E-state index contributed by atoms with van der Waals surface area (Å²) in [5.41, 5.74) is 0. The van der Waals surface area contributed by atoms with Crippen molar-refractivity contribution in [2.45, 2.75) is 18.9 Å². The van der Waals surface area contributed by atoms with E-state index in [4.69, 9.17) is 5.26 Å². The third-order valence-corrected chi connectivity index (χ3v) is 1.44. The molecule has 0 aromatic carbocycles. The summed E-state index contributed by atoms with van der Waals surface area (Å²) >= 11 is 0. The van der Waals surface area contributed by atoms with Gasteiger partial charge in [0.15, 0.2) is 0 Å². The molecule has 0 bridgehead atoms. The molecule has 1 radical (unpaired) electrons. The standard InChI is InChI=1S/C5H11NO2.Ir/c7-8-4-5-2-1-3-6-5;/h5-7H,1-4H2;. The molecule has 3 nitrogen and oxygen atoms in total. The van der Waals surface area contributed by atoms with E-state index >= 15 is 0 Å². The Bertz CT molecular complexity index is 66.0. The molecule has 0 aliphatic carbocycles. The maximum absolute atomic E-state index is 7.99. The number of hydrogen-bond acceptors (Lipinski definition) is 3. The number of hydrogen-bond donors (Lipinski definition) is 2. The summed E-state index contributed by atoms with van der Waals surface area (Å²) in [6, 6.07) is 0.389. The second kappa shape index (κ2) is 5.32. The van der Waals surface area contributed by atoms with Crippen molar-refractivity contribution < 1.29 is 30.3 Å². The Morgan fingerprint density at radius 3 is 2.89 bits per heavy atom. The van der Waals surface area contributed by atoms with E-state index in [-0.39, 0.29) is 20.1 Å². The van der Waals surface area contributed by atoms with Crippen molar-refractivity contribution in [2.24, 2.45) is 0 Å². The summed E-state index contributed by atoms with van der Waals surface area (Å²) in [4.78, 5) is 3.96. The normalized spacial score (nSPS) is 25.7. The number of rotatable bonds is 2. The second-order valence-corrected chi connectivity index (χ2v) is 2.09. The predicted octanol–water partition coefficient (Wildman–Crippen LogP) is 0.226. The van der Waals surface area contributed by atoms with Crippen LogP contribution < -0.4 is 5.32 Å². The largest absolute Gasteiger partial charge is 0.312 e. The van der Waals surface area contributed by atoms with Crippen molar-refractivity contribution in [1.82, 2.24) is 5.32 Å². The molecule has 1 unspecified atom stereocenters. The van der Waals surface area contributed by atoms with Gasteiger partial charge in [-0.1, -0.05) is 0 Å². The van der Waals surface area contributed by atoms with Gasteiger partial charge in [-0.25, -0.2) is 4.89 Å². The van der Waals surface area contributed by atoms with Gasteiger partial charge in [0.1, 0.15) is 0 Å². The molecular formula is C5H11IrNO2. The van der Waals surface area contributed by atoms with Gasteiger partial charge >= 0.3 is 0 Å². The van der Waals surface area contributed by atoms with E-state index in [1.165, 1.54) is 6.42 Å². The van der Waals surface area contributed by atoms with Crippen molar-refractivity contribution in [3.05, 3.63) is 0 Å². The summed E-state index contributed by atoms with van der Waals surface area (Å²) in [6.07, 6.45) is 2.33. The van der Waals surface area contributed by atoms with Crippen LogP contribution in [0.2, 0.25) is 0 Å². The fraction of sp³-hybridized carbons (Fsp3) is 1.00. The topological polar surface area (TPSA) is 41.5 Å². The fourth-order valence-corrected chi connectivity index (χ4v) is 0.989. The molecule has 1 heterocycles. The van der Waals surface area contributed by atoms with Gasteiger partial charge in [-0.05, 0) is 19.4 Å². The van der Waals surface area contributed by atoms with Crippen molar-refractivity contribution in [3.63, 3.8) is 0 Å². The van der Waals surface area contributed by atoms with Crippen LogP contribution in [0.5, 0.6) is 0 Å². The summed E-state index contributed by atoms with van der Waals surface area (Å²) in [6.45, 7) is 1.49. The average molecular weight is 309 g/mol. The van der Waals surface area contributed by atoms with E-state index in [1.54, 1.807) is 0 Å². The van der Waals surface area contributed by atoms with Crippen molar-refractivity contribution in [3.8, 4) is 0 Å². The first kappa shape index (κ1) is 9.53. The van der Waals surface area contributed by atoms with E-state index in [1.807, 2.05) is 0 Å². The van der Waals surface area contributed by atoms with Crippen LogP contribution in [0, 0.1) is 0 Å². The minimum atomic E-state index is 0. The molecule has 1 fully saturated rings. The Labute approximate surface area is 68.1 Å². The maximum Gasteiger partial charge on any atom is 0.0972 e. The third kappa shape index (κ3) is 3.28. The molecule has 9 heavy (non-hydrogen) atoms. The molecule has 0 saturated carbocycles. The Morgan fingerprint density at radius 2 is 2.44 bits per heavy atom. The second-order valence-electron chi connectivity index (χ2n) is 2.09. The first-order valence-corrected chi connectivity index (χ1v) is 2.93. The predicted molar refractivity (Wildman–Crippen MR) is 29.6 cm³/mol. The summed E-state index contributed by atoms with van der Waals surface area (Å²) in [7, 11) is 0. The Balaban J connectivity index is 0.000000640. The van der Waals surface area contributed by atoms with Crippen molar-refractivity contribution in [2.75, 3.05) is 13.2 Å². The first-order chi connectivity index (χ1) is 3.93. The SMILES string of the molecule is OOCC1CCCN1.[Ir]. The molecule has 0 aromatic rings. The average Bonchev–Trinajstić information content (AvgIpc) is 2.19. The van der Waals surface area contributed by atoms with Gasteiger partial charge in [-0.3, -0.25) is 5.26 Å². The zero-order chi connectivity index (χ0) is 5.82. The van der Waals surface area contributed by atoms with Crippen LogP contribution in [-0.2, 0) is 25.0 Å². The third-order valence-electron chi connectivity index (χ3n) is 1.44. The van der Waals surface area contributed by atoms with Crippen LogP contribution in [0.15, 0.2) is 0 Å².